The van der Waals surface area contributed by atoms with Crippen LogP contribution < -0.4 is 10.5 Å². The summed E-state index contributed by atoms with van der Waals surface area (Å²) in [6.45, 7) is 0. The number of nitro benzene ring substituents is 1. The van der Waals surface area contributed by atoms with Gasteiger partial charge in [0.05, 0.1) is 16.6 Å². The minimum Gasteiger partial charge on any atom is -0.456 e. The van der Waals surface area contributed by atoms with Gasteiger partial charge in [-0.05, 0) is 18.2 Å². The van der Waals surface area contributed by atoms with Gasteiger partial charge in [0.15, 0.2) is 5.84 Å². The van der Waals surface area contributed by atoms with Gasteiger partial charge in [-0.25, -0.2) is 4.39 Å². The van der Waals surface area contributed by atoms with E-state index in [0.717, 1.165) is 6.07 Å². The maximum atomic E-state index is 13.7. The van der Waals surface area contributed by atoms with Gasteiger partial charge in [0.1, 0.15) is 17.3 Å². The molecule has 2 rings (SSSR count). The molecular formula is C13H10FN3O4. The molecule has 0 bridgehead atoms. The number of amidine groups is 1. The smallest absolute Gasteiger partial charge is 0.273 e. The topological polar surface area (TPSA) is 111 Å². The molecule has 3 N–H and O–H groups in total. The normalized spacial score (nSPS) is 11.2. The van der Waals surface area contributed by atoms with Crippen LogP contribution in [0.4, 0.5) is 10.1 Å². The average Bonchev–Trinajstić information content (AvgIpc) is 2.47. The number of rotatable bonds is 4. The number of halogens is 1. The van der Waals surface area contributed by atoms with E-state index in [9.17, 15) is 14.5 Å². The van der Waals surface area contributed by atoms with Crippen LogP contribution in [-0.2, 0) is 0 Å². The molecule has 7 nitrogen and oxygen atoms in total. The SMILES string of the molecule is NC(=NO)c1c(F)cccc1Oc1cccc([N+](=O)[O-])c1. The molecule has 108 valence electrons. The maximum Gasteiger partial charge on any atom is 0.273 e. The van der Waals surface area contributed by atoms with E-state index in [1.54, 1.807) is 0 Å². The van der Waals surface area contributed by atoms with Crippen LogP contribution in [0.15, 0.2) is 47.6 Å². The molecule has 0 aliphatic heterocycles. The number of nitro groups is 1. The number of nitrogens with two attached hydrogens (primary N) is 1. The third kappa shape index (κ3) is 3.06. The zero-order valence-corrected chi connectivity index (χ0v) is 10.6. The van der Waals surface area contributed by atoms with Crippen LogP contribution in [0.1, 0.15) is 5.56 Å². The quantitative estimate of drug-likeness (QED) is 0.296. The summed E-state index contributed by atoms with van der Waals surface area (Å²) < 4.78 is 19.1. The molecule has 0 atom stereocenters. The second-order valence-corrected chi connectivity index (χ2v) is 3.95. The van der Waals surface area contributed by atoms with Gasteiger partial charge in [-0.15, -0.1) is 0 Å². The van der Waals surface area contributed by atoms with Gasteiger partial charge in [0.2, 0.25) is 0 Å². The maximum absolute atomic E-state index is 13.7. The van der Waals surface area contributed by atoms with Crippen molar-refractivity contribution in [3.8, 4) is 11.5 Å². The number of oxime groups is 1. The molecule has 0 unspecified atom stereocenters. The van der Waals surface area contributed by atoms with Crippen molar-refractivity contribution >= 4 is 11.5 Å². The summed E-state index contributed by atoms with van der Waals surface area (Å²) >= 11 is 0. The Morgan fingerprint density at radius 2 is 2.05 bits per heavy atom. The molecule has 0 spiro atoms. The Balaban J connectivity index is 2.43. The van der Waals surface area contributed by atoms with E-state index >= 15 is 0 Å². The third-order valence-electron chi connectivity index (χ3n) is 2.60. The second kappa shape index (κ2) is 5.87. The Hall–Kier alpha value is -3.16. The van der Waals surface area contributed by atoms with E-state index < -0.39 is 16.6 Å². The molecule has 0 amide bonds. The molecule has 0 aliphatic rings. The fourth-order valence-electron chi connectivity index (χ4n) is 1.68. The number of nitrogens with zero attached hydrogens (tertiary/aromatic N) is 2. The lowest BCUT2D eigenvalue weighted by Gasteiger charge is -2.10. The minimum atomic E-state index is -0.742. The van der Waals surface area contributed by atoms with E-state index in [2.05, 4.69) is 5.16 Å². The number of benzene rings is 2. The average molecular weight is 291 g/mol. The highest BCUT2D eigenvalue weighted by molar-refractivity contribution is 5.99. The molecule has 0 fully saturated rings. The lowest BCUT2D eigenvalue weighted by Crippen LogP contribution is -2.16. The highest BCUT2D eigenvalue weighted by atomic mass is 19.1. The van der Waals surface area contributed by atoms with Crippen molar-refractivity contribution < 1.29 is 19.3 Å². The Kier molecular flexibility index (Phi) is 3.98. The van der Waals surface area contributed by atoms with Crippen molar-refractivity contribution in [1.29, 1.82) is 0 Å². The largest absolute Gasteiger partial charge is 0.456 e. The first kappa shape index (κ1) is 14.3. The van der Waals surface area contributed by atoms with Crippen LogP contribution >= 0.6 is 0 Å². The monoisotopic (exact) mass is 291 g/mol. The van der Waals surface area contributed by atoms with Gasteiger partial charge >= 0.3 is 0 Å². The summed E-state index contributed by atoms with van der Waals surface area (Å²) in [4.78, 5) is 10.1. The number of hydrogen-bond acceptors (Lipinski definition) is 5. The first-order valence-electron chi connectivity index (χ1n) is 5.71. The highest BCUT2D eigenvalue weighted by Crippen LogP contribution is 2.29. The molecule has 21 heavy (non-hydrogen) atoms. The Morgan fingerprint density at radius 1 is 1.33 bits per heavy atom. The molecule has 2 aromatic rings. The number of hydrogen-bond donors (Lipinski definition) is 2. The summed E-state index contributed by atoms with van der Waals surface area (Å²) in [5, 5.41) is 22.1. The van der Waals surface area contributed by atoms with Gasteiger partial charge in [-0.1, -0.05) is 17.3 Å². The molecule has 0 saturated heterocycles. The van der Waals surface area contributed by atoms with Crippen molar-refractivity contribution in [3.05, 3.63) is 64.0 Å². The summed E-state index contributed by atoms with van der Waals surface area (Å²) in [7, 11) is 0. The van der Waals surface area contributed by atoms with Gasteiger partial charge in [-0.2, -0.15) is 0 Å². The molecule has 8 heteroatoms. The summed E-state index contributed by atoms with van der Waals surface area (Å²) in [6, 6.07) is 9.26. The summed E-state index contributed by atoms with van der Waals surface area (Å²) in [5.74, 6) is -1.10. The van der Waals surface area contributed by atoms with Crippen molar-refractivity contribution in [2.24, 2.45) is 10.9 Å². The standard InChI is InChI=1S/C13H10FN3O4/c14-10-5-2-6-11(12(10)13(15)16-18)21-9-4-1-3-8(7-9)17(19)20/h1-7,18H,(H2,15,16). The zero-order valence-electron chi connectivity index (χ0n) is 10.6. The van der Waals surface area contributed by atoms with Gasteiger partial charge in [0.25, 0.3) is 5.69 Å². The van der Waals surface area contributed by atoms with E-state index in [1.165, 1.54) is 36.4 Å². The molecule has 2 aromatic carbocycles. The van der Waals surface area contributed by atoms with Crippen LogP contribution in [-0.4, -0.2) is 16.0 Å². The fourth-order valence-corrected chi connectivity index (χ4v) is 1.68. The number of non-ortho nitro benzene ring substituents is 1. The molecule has 0 aromatic heterocycles. The van der Waals surface area contributed by atoms with E-state index in [0.29, 0.717) is 0 Å². The number of ether oxygens (including phenoxy) is 1. The first-order chi connectivity index (χ1) is 10.0. The van der Waals surface area contributed by atoms with Crippen LogP contribution in [0.5, 0.6) is 11.5 Å². The Bertz CT molecular complexity index is 718. The lowest BCUT2D eigenvalue weighted by molar-refractivity contribution is -0.384. The van der Waals surface area contributed by atoms with Crippen molar-refractivity contribution in [2.75, 3.05) is 0 Å². The zero-order chi connectivity index (χ0) is 15.4. The molecule has 0 saturated carbocycles. The minimum absolute atomic E-state index is 0.0224. The van der Waals surface area contributed by atoms with Crippen molar-refractivity contribution in [3.63, 3.8) is 0 Å². The Morgan fingerprint density at radius 3 is 2.71 bits per heavy atom. The third-order valence-corrected chi connectivity index (χ3v) is 2.60. The van der Waals surface area contributed by atoms with Crippen molar-refractivity contribution in [1.82, 2.24) is 0 Å². The van der Waals surface area contributed by atoms with Gasteiger partial charge in [-0.3, -0.25) is 10.1 Å². The van der Waals surface area contributed by atoms with Crippen LogP contribution in [0.25, 0.3) is 0 Å². The first-order valence-corrected chi connectivity index (χ1v) is 5.71. The van der Waals surface area contributed by atoms with Crippen molar-refractivity contribution in [2.45, 2.75) is 0 Å². The molecule has 0 radical (unpaired) electrons. The summed E-state index contributed by atoms with van der Waals surface area (Å²) in [6.07, 6.45) is 0. The predicted molar refractivity (Wildman–Crippen MR) is 72.1 cm³/mol. The highest BCUT2D eigenvalue weighted by Gasteiger charge is 2.16. The second-order valence-electron chi connectivity index (χ2n) is 3.95. The van der Waals surface area contributed by atoms with Crippen LogP contribution in [0.2, 0.25) is 0 Å². The van der Waals surface area contributed by atoms with Crippen LogP contribution in [0, 0.1) is 15.9 Å². The van der Waals surface area contributed by atoms with Crippen LogP contribution in [0.3, 0.4) is 0 Å². The van der Waals surface area contributed by atoms with E-state index in [4.69, 9.17) is 15.7 Å². The lowest BCUT2D eigenvalue weighted by atomic mass is 10.1. The van der Waals surface area contributed by atoms with Gasteiger partial charge < -0.3 is 15.7 Å². The predicted octanol–water partition coefficient (Wildman–Crippen LogP) is 2.62. The molecular weight excluding hydrogens is 281 g/mol. The Labute approximate surface area is 118 Å². The van der Waals surface area contributed by atoms with E-state index in [1.807, 2.05) is 0 Å². The fraction of sp³-hybridized carbons (Fsp3) is 0. The van der Waals surface area contributed by atoms with Gasteiger partial charge in [0, 0.05) is 6.07 Å². The van der Waals surface area contributed by atoms with E-state index in [-0.39, 0.29) is 22.7 Å². The summed E-state index contributed by atoms with van der Waals surface area (Å²) in [5.41, 5.74) is 5.00. The molecule has 0 heterocycles. The molecule has 0 aliphatic carbocycles.